The van der Waals surface area contributed by atoms with Crippen LogP contribution in [0, 0.1) is 5.82 Å². The van der Waals surface area contributed by atoms with Gasteiger partial charge in [0, 0.05) is 47.7 Å². The summed E-state index contributed by atoms with van der Waals surface area (Å²) < 4.78 is 14.9. The molecule has 2 aromatic carbocycles. The van der Waals surface area contributed by atoms with Crippen molar-refractivity contribution in [3.8, 4) is 0 Å². The van der Waals surface area contributed by atoms with Crippen molar-refractivity contribution in [3.63, 3.8) is 0 Å². The third-order valence-corrected chi connectivity index (χ3v) is 7.00. The largest absolute Gasteiger partial charge is 0.369 e. The van der Waals surface area contributed by atoms with Crippen LogP contribution in [-0.2, 0) is 6.54 Å². The van der Waals surface area contributed by atoms with Gasteiger partial charge in [-0.1, -0.05) is 6.07 Å². The number of aromatic nitrogens is 2. The summed E-state index contributed by atoms with van der Waals surface area (Å²) >= 11 is 1.57. The first-order valence-corrected chi connectivity index (χ1v) is 12.2. The van der Waals surface area contributed by atoms with Gasteiger partial charge in [-0.25, -0.2) is 4.39 Å². The molecule has 5 rings (SSSR count). The lowest BCUT2D eigenvalue weighted by Crippen LogP contribution is -2.44. The molecule has 0 aliphatic carbocycles. The molecule has 3 N–H and O–H groups in total. The maximum absolute atomic E-state index is 14.9. The molecule has 1 aliphatic heterocycles. The number of benzene rings is 2. The number of thiophene rings is 1. The van der Waals surface area contributed by atoms with Crippen molar-refractivity contribution in [1.29, 1.82) is 0 Å². The molecule has 0 bridgehead atoms. The Morgan fingerprint density at radius 3 is 2.66 bits per heavy atom. The van der Waals surface area contributed by atoms with Gasteiger partial charge in [-0.3, -0.25) is 14.7 Å². The van der Waals surface area contributed by atoms with E-state index in [-0.39, 0.29) is 17.3 Å². The molecule has 2 amide bonds. The molecule has 35 heavy (non-hydrogen) atoms. The number of rotatable bonds is 6. The summed E-state index contributed by atoms with van der Waals surface area (Å²) in [6.45, 7) is 3.87. The van der Waals surface area contributed by atoms with Crippen LogP contribution in [0.25, 0.3) is 10.9 Å². The van der Waals surface area contributed by atoms with Gasteiger partial charge in [0.25, 0.3) is 11.8 Å². The summed E-state index contributed by atoms with van der Waals surface area (Å²) in [5, 5.41) is 15.1. The second-order valence-electron chi connectivity index (χ2n) is 8.50. The minimum absolute atomic E-state index is 0.0659. The lowest BCUT2D eigenvalue weighted by molar-refractivity contribution is 0.0950. The van der Waals surface area contributed by atoms with Gasteiger partial charge in [-0.15, -0.1) is 11.3 Å². The van der Waals surface area contributed by atoms with E-state index in [9.17, 15) is 14.0 Å². The first kappa shape index (κ1) is 23.0. The number of carbonyl (C=O) groups is 2. The van der Waals surface area contributed by atoms with Gasteiger partial charge >= 0.3 is 0 Å². The van der Waals surface area contributed by atoms with Crippen LogP contribution in [0.15, 0.2) is 53.9 Å². The zero-order valence-corrected chi connectivity index (χ0v) is 20.0. The van der Waals surface area contributed by atoms with E-state index in [1.807, 2.05) is 17.5 Å². The number of likely N-dealkylation sites (N-methyl/N-ethyl adjacent to an activating group) is 1. The highest BCUT2D eigenvalue weighted by molar-refractivity contribution is 7.09. The fourth-order valence-corrected chi connectivity index (χ4v) is 4.70. The Morgan fingerprint density at radius 2 is 1.91 bits per heavy atom. The molecule has 3 heterocycles. The fourth-order valence-electron chi connectivity index (χ4n) is 4.06. The highest BCUT2D eigenvalue weighted by atomic mass is 32.1. The normalized spacial score (nSPS) is 14.3. The number of hydrogen-bond donors (Lipinski definition) is 3. The number of H-pyrrole nitrogens is 1. The van der Waals surface area contributed by atoms with E-state index in [1.54, 1.807) is 35.6 Å². The van der Waals surface area contributed by atoms with E-state index < -0.39 is 11.7 Å². The zero-order valence-electron chi connectivity index (χ0n) is 19.2. The van der Waals surface area contributed by atoms with Crippen molar-refractivity contribution in [1.82, 2.24) is 20.4 Å². The summed E-state index contributed by atoms with van der Waals surface area (Å²) in [5.74, 6) is -1.19. The predicted molar refractivity (Wildman–Crippen MR) is 136 cm³/mol. The number of hydrogen-bond acceptors (Lipinski definition) is 6. The van der Waals surface area contributed by atoms with Crippen molar-refractivity contribution in [2.45, 2.75) is 6.54 Å². The van der Waals surface area contributed by atoms with Gasteiger partial charge in [-0.05, 0) is 54.9 Å². The van der Waals surface area contributed by atoms with Crippen molar-refractivity contribution in [2.75, 3.05) is 43.4 Å². The molecule has 0 atom stereocenters. The Bertz CT molecular complexity index is 1360. The van der Waals surface area contributed by atoms with Crippen LogP contribution in [0.1, 0.15) is 25.6 Å². The van der Waals surface area contributed by atoms with Gasteiger partial charge in [0.1, 0.15) is 5.82 Å². The fraction of sp³-hybridized carbons (Fsp3) is 0.240. The second-order valence-corrected chi connectivity index (χ2v) is 9.54. The molecule has 2 aromatic heterocycles. The lowest BCUT2D eigenvalue weighted by Gasteiger charge is -2.34. The summed E-state index contributed by atoms with van der Waals surface area (Å²) in [7, 11) is 2.06. The molecule has 0 radical (unpaired) electrons. The number of nitrogens with one attached hydrogen (secondary N) is 3. The van der Waals surface area contributed by atoms with Crippen molar-refractivity contribution < 1.29 is 14.0 Å². The molecule has 0 spiro atoms. The molecular weight excluding hydrogens is 467 g/mol. The maximum atomic E-state index is 14.9. The van der Waals surface area contributed by atoms with Crippen LogP contribution in [0.4, 0.5) is 15.9 Å². The minimum Gasteiger partial charge on any atom is -0.369 e. The van der Waals surface area contributed by atoms with Crippen molar-refractivity contribution in [3.05, 3.63) is 75.7 Å². The van der Waals surface area contributed by atoms with E-state index in [2.05, 4.69) is 37.7 Å². The summed E-state index contributed by atoms with van der Waals surface area (Å²) in [6.07, 6.45) is 0. The van der Waals surface area contributed by atoms with Gasteiger partial charge in [0.05, 0.1) is 17.6 Å². The number of anilines is 2. The minimum atomic E-state index is -0.603. The topological polar surface area (TPSA) is 93.4 Å². The van der Waals surface area contributed by atoms with Crippen LogP contribution >= 0.6 is 11.3 Å². The molecule has 4 aromatic rings. The number of nitrogens with zero attached hydrogens (tertiary/aromatic N) is 3. The summed E-state index contributed by atoms with van der Waals surface area (Å²) in [4.78, 5) is 30.8. The van der Waals surface area contributed by atoms with Gasteiger partial charge in [0.2, 0.25) is 0 Å². The van der Waals surface area contributed by atoms with E-state index in [4.69, 9.17) is 0 Å². The van der Waals surface area contributed by atoms with Crippen LogP contribution < -0.4 is 15.5 Å². The van der Waals surface area contributed by atoms with Gasteiger partial charge < -0.3 is 20.4 Å². The Morgan fingerprint density at radius 1 is 1.09 bits per heavy atom. The van der Waals surface area contributed by atoms with Crippen LogP contribution in [0.3, 0.4) is 0 Å². The maximum Gasteiger partial charge on any atom is 0.259 e. The van der Waals surface area contributed by atoms with Crippen molar-refractivity contribution in [2.24, 2.45) is 0 Å². The third-order valence-electron chi connectivity index (χ3n) is 6.13. The van der Waals surface area contributed by atoms with E-state index in [1.165, 1.54) is 12.1 Å². The molecule has 1 aliphatic rings. The molecule has 10 heteroatoms. The Labute approximate surface area is 205 Å². The average Bonchev–Trinajstić information content (AvgIpc) is 3.53. The number of halogens is 1. The summed E-state index contributed by atoms with van der Waals surface area (Å²) in [6, 6.07) is 13.6. The van der Waals surface area contributed by atoms with Crippen LogP contribution in [0.2, 0.25) is 0 Å². The number of amides is 2. The third kappa shape index (κ3) is 5.03. The quantitative estimate of drug-likeness (QED) is 0.382. The zero-order chi connectivity index (χ0) is 24.4. The van der Waals surface area contributed by atoms with E-state index in [0.717, 1.165) is 36.7 Å². The molecule has 0 saturated carbocycles. The summed E-state index contributed by atoms with van der Waals surface area (Å²) in [5.41, 5.74) is 1.79. The van der Waals surface area contributed by atoms with Crippen LogP contribution in [-0.4, -0.2) is 60.1 Å². The Hall–Kier alpha value is -3.76. The average molecular weight is 493 g/mol. The van der Waals surface area contributed by atoms with Crippen LogP contribution in [0.5, 0.6) is 0 Å². The monoisotopic (exact) mass is 492 g/mol. The first-order valence-electron chi connectivity index (χ1n) is 11.3. The standard InChI is InChI=1S/C25H25FN6O2S/c1-31-8-10-32(11-9-31)17-5-6-19(21(26)14-17)25(34)28-23-20-13-16(4-7-22(20)29-30-23)24(33)27-15-18-3-2-12-35-18/h2-7,12-14H,8-11,15H2,1H3,(H,27,33)(H2,28,29,30,34). The van der Waals surface area contributed by atoms with E-state index in [0.29, 0.717) is 23.0 Å². The van der Waals surface area contributed by atoms with Gasteiger partial charge in [0.15, 0.2) is 5.82 Å². The smallest absolute Gasteiger partial charge is 0.259 e. The number of fused-ring (bicyclic) bond motifs is 1. The Kier molecular flexibility index (Phi) is 6.47. The molecule has 8 nitrogen and oxygen atoms in total. The predicted octanol–water partition coefficient (Wildman–Crippen LogP) is 3.70. The number of carbonyl (C=O) groups excluding carboxylic acids is 2. The van der Waals surface area contributed by atoms with Gasteiger partial charge in [-0.2, -0.15) is 5.10 Å². The highest BCUT2D eigenvalue weighted by Crippen LogP contribution is 2.24. The molecule has 0 unspecified atom stereocenters. The highest BCUT2D eigenvalue weighted by Gasteiger charge is 2.19. The molecular formula is C25H25FN6O2S. The SMILES string of the molecule is CN1CCN(c2ccc(C(=O)Nc3n[nH]c4ccc(C(=O)NCc5cccs5)cc34)c(F)c2)CC1. The Balaban J connectivity index is 1.30. The number of piperazine rings is 1. The second kappa shape index (κ2) is 9.85. The molecule has 1 fully saturated rings. The first-order chi connectivity index (χ1) is 17.0. The lowest BCUT2D eigenvalue weighted by atomic mass is 10.1. The van der Waals surface area contributed by atoms with Crippen molar-refractivity contribution >= 4 is 45.6 Å². The molecule has 1 saturated heterocycles. The number of aromatic amines is 1. The van der Waals surface area contributed by atoms with E-state index >= 15 is 0 Å². The molecule has 180 valence electrons.